The first-order valence-electron chi connectivity index (χ1n) is 9.96. The molecule has 1 aliphatic carbocycles. The van der Waals surface area contributed by atoms with Gasteiger partial charge < -0.3 is 21.5 Å². The maximum Gasteiger partial charge on any atom is 0.283 e. The van der Waals surface area contributed by atoms with Gasteiger partial charge in [-0.25, -0.2) is 0 Å². The van der Waals surface area contributed by atoms with Gasteiger partial charge in [0.1, 0.15) is 0 Å². The summed E-state index contributed by atoms with van der Waals surface area (Å²) in [6.45, 7) is 5.50. The molecule has 10 heteroatoms. The van der Waals surface area contributed by atoms with Crippen LogP contribution in [0.3, 0.4) is 0 Å². The molecular formula is C18H30N6O4. The molecular weight excluding hydrogens is 364 g/mol. The highest BCUT2D eigenvalue weighted by Gasteiger charge is 2.52. The summed E-state index contributed by atoms with van der Waals surface area (Å²) in [6.07, 6.45) is 7.81. The Morgan fingerprint density at radius 2 is 1.07 bits per heavy atom. The van der Waals surface area contributed by atoms with E-state index in [-0.39, 0.29) is 12.8 Å². The first kappa shape index (κ1) is 23.7. The van der Waals surface area contributed by atoms with Crippen molar-refractivity contribution in [2.45, 2.75) is 57.8 Å². The SMILES string of the molecule is C1CC[NH2+]C1.C1CC[NH2+]C1.[N-]=C=C([N+](=O)[O-])C1(C(=C=[N-])[N+](=O)[O-])CCCCC1. The molecule has 0 spiro atoms. The second-order valence-electron chi connectivity index (χ2n) is 7.22. The molecule has 0 aromatic rings. The van der Waals surface area contributed by atoms with Gasteiger partial charge in [0.15, 0.2) is 5.41 Å². The van der Waals surface area contributed by atoms with E-state index in [1.54, 1.807) is 0 Å². The van der Waals surface area contributed by atoms with E-state index >= 15 is 0 Å². The van der Waals surface area contributed by atoms with Gasteiger partial charge in [0.05, 0.1) is 36.0 Å². The van der Waals surface area contributed by atoms with E-state index in [0.29, 0.717) is 12.8 Å². The van der Waals surface area contributed by atoms with E-state index in [0.717, 1.165) is 6.42 Å². The van der Waals surface area contributed by atoms with E-state index in [4.69, 9.17) is 10.8 Å². The lowest BCUT2D eigenvalue weighted by molar-refractivity contribution is -0.635. The Balaban J connectivity index is 0.000000313. The topological polar surface area (TPSA) is 164 Å². The molecule has 0 aromatic heterocycles. The number of hydrogen-bond donors (Lipinski definition) is 2. The van der Waals surface area contributed by atoms with E-state index in [9.17, 15) is 20.2 Å². The van der Waals surface area contributed by atoms with Crippen molar-refractivity contribution >= 4 is 11.7 Å². The Bertz CT molecular complexity index is 561. The number of nitro groups is 2. The van der Waals surface area contributed by atoms with Gasteiger partial charge in [-0.15, -0.1) is 0 Å². The first-order chi connectivity index (χ1) is 13.5. The molecule has 3 fully saturated rings. The van der Waals surface area contributed by atoms with E-state index in [1.807, 2.05) is 0 Å². The molecule has 2 aliphatic heterocycles. The van der Waals surface area contributed by atoms with Crippen molar-refractivity contribution in [1.29, 1.82) is 0 Å². The number of hydrogen-bond acceptors (Lipinski definition) is 4. The fourth-order valence-electron chi connectivity index (χ4n) is 3.83. The first-order valence-corrected chi connectivity index (χ1v) is 9.96. The van der Waals surface area contributed by atoms with Crippen molar-refractivity contribution in [2.75, 3.05) is 26.2 Å². The van der Waals surface area contributed by atoms with Crippen LogP contribution in [0.25, 0.3) is 10.8 Å². The Morgan fingerprint density at radius 3 is 1.29 bits per heavy atom. The minimum Gasteiger partial charge on any atom is -0.758 e. The summed E-state index contributed by atoms with van der Waals surface area (Å²) in [5, 5.41) is 44.2. The molecule has 4 N–H and O–H groups in total. The zero-order chi connectivity index (χ0) is 20.8. The highest BCUT2D eigenvalue weighted by Crippen LogP contribution is 2.46. The maximum absolute atomic E-state index is 10.9. The van der Waals surface area contributed by atoms with Crippen molar-refractivity contribution in [1.82, 2.24) is 0 Å². The number of quaternary nitrogens is 2. The molecule has 1 saturated carbocycles. The highest BCUT2D eigenvalue weighted by atomic mass is 16.6. The van der Waals surface area contributed by atoms with Gasteiger partial charge in [-0.3, -0.25) is 20.2 Å². The Hall–Kier alpha value is -2.38. The van der Waals surface area contributed by atoms with E-state index in [1.165, 1.54) is 63.6 Å². The predicted molar refractivity (Wildman–Crippen MR) is 105 cm³/mol. The van der Waals surface area contributed by atoms with Crippen molar-refractivity contribution < 1.29 is 20.5 Å². The molecule has 3 aliphatic rings. The largest absolute Gasteiger partial charge is 0.758 e. The van der Waals surface area contributed by atoms with Gasteiger partial charge in [0.2, 0.25) is 0 Å². The summed E-state index contributed by atoms with van der Waals surface area (Å²) in [7, 11) is 0. The molecule has 0 amide bonds. The van der Waals surface area contributed by atoms with Crippen LogP contribution < -0.4 is 10.6 Å². The van der Waals surface area contributed by atoms with Gasteiger partial charge in [0.25, 0.3) is 11.4 Å². The predicted octanol–water partition coefficient (Wildman–Crippen LogP) is 0.424. The lowest BCUT2D eigenvalue weighted by Crippen LogP contribution is -2.80. The number of nitrogens with two attached hydrogens (primary N) is 2. The summed E-state index contributed by atoms with van der Waals surface area (Å²) < 4.78 is 0. The van der Waals surface area contributed by atoms with Crippen LogP contribution in [-0.2, 0) is 0 Å². The fourth-order valence-corrected chi connectivity index (χ4v) is 3.83. The van der Waals surface area contributed by atoms with Gasteiger partial charge in [-0.1, -0.05) is 19.3 Å². The zero-order valence-corrected chi connectivity index (χ0v) is 16.3. The smallest absolute Gasteiger partial charge is 0.283 e. The Kier molecular flexibility index (Phi) is 10.9. The highest BCUT2D eigenvalue weighted by molar-refractivity contribution is 5.67. The van der Waals surface area contributed by atoms with Crippen LogP contribution in [0.15, 0.2) is 11.4 Å². The summed E-state index contributed by atoms with van der Waals surface area (Å²) >= 11 is 0. The fraction of sp³-hybridized carbons (Fsp3) is 0.778. The molecule has 28 heavy (non-hydrogen) atoms. The van der Waals surface area contributed by atoms with Crippen LogP contribution in [0.5, 0.6) is 0 Å². The molecule has 0 radical (unpaired) electrons. The Morgan fingerprint density at radius 1 is 0.714 bits per heavy atom. The third-order valence-corrected chi connectivity index (χ3v) is 5.32. The van der Waals surface area contributed by atoms with Gasteiger partial charge in [-0.05, 0) is 12.8 Å². The molecule has 156 valence electrons. The second-order valence-corrected chi connectivity index (χ2v) is 7.22. The zero-order valence-electron chi connectivity index (χ0n) is 16.3. The molecule has 0 atom stereocenters. The minimum absolute atomic E-state index is 0.0980. The van der Waals surface area contributed by atoms with Crippen LogP contribution in [-0.4, -0.2) is 47.8 Å². The maximum atomic E-state index is 10.9. The number of rotatable bonds is 4. The Labute approximate surface area is 164 Å². The normalized spacial score (nSPS) is 19.6. The molecule has 2 saturated heterocycles. The third-order valence-electron chi connectivity index (χ3n) is 5.32. The van der Waals surface area contributed by atoms with Crippen LogP contribution in [0.4, 0.5) is 0 Å². The molecule has 3 rings (SSSR count). The average Bonchev–Trinajstić information content (AvgIpc) is 3.42. The molecule has 0 aromatic carbocycles. The standard InChI is InChI=1S/C10H10N4O4.2C4H9N/c11-6-8(13(15)16)10(4-2-1-3-5-10)9(7-12)14(17)18;2*1-2-4-5-3-1/h1-5H2;2*5H,1-4H2/q-2;;/p+2. The quantitative estimate of drug-likeness (QED) is 0.401. The van der Waals surface area contributed by atoms with Crippen LogP contribution in [0.1, 0.15) is 57.8 Å². The number of nitrogens with zero attached hydrogens (tertiary/aromatic N) is 4. The summed E-state index contributed by atoms with van der Waals surface area (Å²) in [4.78, 5) is 19.9. The van der Waals surface area contributed by atoms with Crippen molar-refractivity contribution in [3.05, 3.63) is 42.4 Å². The van der Waals surface area contributed by atoms with Crippen molar-refractivity contribution in [3.63, 3.8) is 0 Å². The summed E-state index contributed by atoms with van der Waals surface area (Å²) in [5.74, 6) is 2.85. The lowest BCUT2D eigenvalue weighted by Gasteiger charge is -2.30. The molecule has 2 heterocycles. The van der Waals surface area contributed by atoms with Gasteiger partial charge >= 0.3 is 0 Å². The minimum atomic E-state index is -1.63. The molecule has 0 bridgehead atoms. The van der Waals surface area contributed by atoms with E-state index < -0.39 is 26.7 Å². The monoisotopic (exact) mass is 394 g/mol. The van der Waals surface area contributed by atoms with Crippen molar-refractivity contribution in [2.24, 2.45) is 5.41 Å². The van der Waals surface area contributed by atoms with Crippen LogP contribution in [0.2, 0.25) is 0 Å². The summed E-state index contributed by atoms with van der Waals surface area (Å²) in [6, 6.07) is 0. The van der Waals surface area contributed by atoms with E-state index in [2.05, 4.69) is 10.6 Å². The molecule has 0 unspecified atom stereocenters. The summed E-state index contributed by atoms with van der Waals surface area (Å²) in [5.41, 5.74) is -3.22. The van der Waals surface area contributed by atoms with Crippen LogP contribution >= 0.6 is 0 Å². The van der Waals surface area contributed by atoms with Gasteiger partial charge in [-0.2, -0.15) is 11.7 Å². The van der Waals surface area contributed by atoms with Crippen LogP contribution in [0, 0.1) is 25.6 Å². The lowest BCUT2D eigenvalue weighted by atomic mass is 9.70. The third kappa shape index (κ3) is 6.98. The average molecular weight is 394 g/mol. The molecule has 10 nitrogen and oxygen atoms in total. The van der Waals surface area contributed by atoms with Gasteiger partial charge in [0, 0.05) is 25.7 Å². The van der Waals surface area contributed by atoms with Crippen molar-refractivity contribution in [3.8, 4) is 0 Å². The second kappa shape index (κ2) is 12.9.